The number of thioether (sulfide) groups is 1. The lowest BCUT2D eigenvalue weighted by Crippen LogP contribution is -2.28. The van der Waals surface area contributed by atoms with Crippen LogP contribution in [0.5, 0.6) is 0 Å². The Morgan fingerprint density at radius 2 is 1.83 bits per heavy atom. The molecule has 29 heavy (non-hydrogen) atoms. The zero-order valence-electron chi connectivity index (χ0n) is 15.8. The van der Waals surface area contributed by atoms with Gasteiger partial charge in [-0.25, -0.2) is 9.98 Å². The molecule has 3 aromatic rings. The topological polar surface area (TPSA) is 65.8 Å². The quantitative estimate of drug-likeness (QED) is 0.644. The molecular formula is C23H19N3O2S. The molecule has 0 radical (unpaired) electrons. The van der Waals surface area contributed by atoms with Crippen molar-refractivity contribution in [3.8, 4) is 0 Å². The van der Waals surface area contributed by atoms with Crippen LogP contribution in [0.2, 0.25) is 0 Å². The van der Waals surface area contributed by atoms with Crippen molar-refractivity contribution in [1.29, 1.82) is 0 Å². The first-order valence-electron chi connectivity index (χ1n) is 9.14. The number of amides is 1. The number of amidine groups is 1. The van der Waals surface area contributed by atoms with Crippen LogP contribution in [0.4, 0.5) is 11.5 Å². The van der Waals surface area contributed by atoms with Crippen molar-refractivity contribution >= 4 is 40.4 Å². The number of rotatable bonds is 4. The highest BCUT2D eigenvalue weighted by Gasteiger charge is 2.34. The van der Waals surface area contributed by atoms with Crippen molar-refractivity contribution < 1.29 is 9.90 Å². The van der Waals surface area contributed by atoms with Crippen LogP contribution in [-0.4, -0.2) is 21.2 Å². The Balaban J connectivity index is 1.73. The highest BCUT2D eigenvalue weighted by molar-refractivity contribution is 8.19. The number of hydrogen-bond acceptors (Lipinski definition) is 5. The fraction of sp³-hybridized carbons (Fsp3) is 0.0870. The lowest BCUT2D eigenvalue weighted by Gasteiger charge is -2.15. The third kappa shape index (κ3) is 4.29. The molecule has 1 aliphatic heterocycles. The molecule has 2 heterocycles. The number of pyridine rings is 1. The third-order valence-electron chi connectivity index (χ3n) is 4.39. The minimum atomic E-state index is -0.127. The summed E-state index contributed by atoms with van der Waals surface area (Å²) in [7, 11) is 0. The molecule has 5 nitrogen and oxygen atoms in total. The predicted molar refractivity (Wildman–Crippen MR) is 118 cm³/mol. The first-order chi connectivity index (χ1) is 14.1. The number of para-hydroxylation sites is 1. The molecule has 0 atom stereocenters. The number of aliphatic hydroxyl groups excluding tert-OH is 1. The number of aromatic nitrogens is 1. The predicted octanol–water partition coefficient (Wildman–Crippen LogP) is 4.69. The second-order valence-corrected chi connectivity index (χ2v) is 7.58. The molecule has 0 spiro atoms. The van der Waals surface area contributed by atoms with Gasteiger partial charge in [-0.05, 0) is 59.7 Å². The molecule has 0 unspecified atom stereocenters. The van der Waals surface area contributed by atoms with Crippen molar-refractivity contribution in [2.24, 2.45) is 4.99 Å². The minimum absolute atomic E-state index is 0.00727. The Kier molecular flexibility index (Phi) is 5.55. The Morgan fingerprint density at radius 3 is 2.48 bits per heavy atom. The average molecular weight is 401 g/mol. The normalized spacial score (nSPS) is 16.8. The molecule has 144 valence electrons. The van der Waals surface area contributed by atoms with Gasteiger partial charge in [0.25, 0.3) is 5.91 Å². The van der Waals surface area contributed by atoms with Crippen LogP contribution in [-0.2, 0) is 11.4 Å². The second-order valence-electron chi connectivity index (χ2n) is 6.57. The molecule has 1 aromatic heterocycles. The summed E-state index contributed by atoms with van der Waals surface area (Å²) in [4.78, 5) is 24.3. The lowest BCUT2D eigenvalue weighted by atomic mass is 10.1. The molecule has 6 heteroatoms. The monoisotopic (exact) mass is 401 g/mol. The number of benzene rings is 2. The van der Waals surface area contributed by atoms with Crippen molar-refractivity contribution in [2.75, 3.05) is 4.90 Å². The summed E-state index contributed by atoms with van der Waals surface area (Å²) in [5.74, 6) is 0.429. The molecular weight excluding hydrogens is 382 g/mol. The van der Waals surface area contributed by atoms with Crippen LogP contribution >= 0.6 is 11.8 Å². The summed E-state index contributed by atoms with van der Waals surface area (Å²) in [6, 6.07) is 20.7. The maximum atomic E-state index is 13.2. The van der Waals surface area contributed by atoms with E-state index in [2.05, 4.69) is 9.98 Å². The maximum Gasteiger partial charge on any atom is 0.271 e. The fourth-order valence-corrected chi connectivity index (χ4v) is 3.84. The van der Waals surface area contributed by atoms with E-state index in [0.717, 1.165) is 22.4 Å². The SMILES string of the molecule is Cc1ccc(N=C2S/C(=C\c3ccc(CO)cc3)C(=O)N2c2ccccc2)nc1. The second kappa shape index (κ2) is 8.43. The Morgan fingerprint density at radius 1 is 1.07 bits per heavy atom. The maximum absolute atomic E-state index is 13.2. The molecule has 1 amide bonds. The summed E-state index contributed by atoms with van der Waals surface area (Å²) in [5, 5.41) is 9.77. The van der Waals surface area contributed by atoms with Gasteiger partial charge in [-0.2, -0.15) is 0 Å². The van der Waals surface area contributed by atoms with Gasteiger partial charge in [0, 0.05) is 6.20 Å². The van der Waals surface area contributed by atoms with Crippen LogP contribution in [0.1, 0.15) is 16.7 Å². The lowest BCUT2D eigenvalue weighted by molar-refractivity contribution is -0.113. The average Bonchev–Trinajstić information content (AvgIpc) is 3.05. The summed E-state index contributed by atoms with van der Waals surface area (Å²) in [6.07, 6.45) is 3.60. The summed E-state index contributed by atoms with van der Waals surface area (Å²) < 4.78 is 0. The summed E-state index contributed by atoms with van der Waals surface area (Å²) in [5.41, 5.74) is 3.53. The van der Waals surface area contributed by atoms with Gasteiger partial charge in [0.1, 0.15) is 0 Å². The van der Waals surface area contributed by atoms with E-state index in [1.54, 1.807) is 11.1 Å². The van der Waals surface area contributed by atoms with Gasteiger partial charge in [0.05, 0.1) is 17.2 Å². The smallest absolute Gasteiger partial charge is 0.271 e. The summed E-state index contributed by atoms with van der Waals surface area (Å²) >= 11 is 1.32. The highest BCUT2D eigenvalue weighted by atomic mass is 32.2. The van der Waals surface area contributed by atoms with E-state index in [1.807, 2.05) is 79.7 Å². The van der Waals surface area contributed by atoms with E-state index in [4.69, 9.17) is 0 Å². The molecule has 4 rings (SSSR count). The molecule has 1 saturated heterocycles. The van der Waals surface area contributed by atoms with E-state index in [1.165, 1.54) is 11.8 Å². The van der Waals surface area contributed by atoms with Crippen LogP contribution in [0.15, 0.2) is 82.8 Å². The van der Waals surface area contributed by atoms with Gasteiger partial charge >= 0.3 is 0 Å². The van der Waals surface area contributed by atoms with E-state index in [9.17, 15) is 9.90 Å². The van der Waals surface area contributed by atoms with E-state index >= 15 is 0 Å². The van der Waals surface area contributed by atoms with E-state index < -0.39 is 0 Å². The molecule has 0 aliphatic carbocycles. The van der Waals surface area contributed by atoms with Crippen molar-refractivity contribution in [2.45, 2.75) is 13.5 Å². The largest absolute Gasteiger partial charge is 0.392 e. The van der Waals surface area contributed by atoms with Gasteiger partial charge in [0.15, 0.2) is 11.0 Å². The number of nitrogens with zero attached hydrogens (tertiary/aromatic N) is 3. The van der Waals surface area contributed by atoms with Crippen molar-refractivity contribution in [1.82, 2.24) is 4.98 Å². The number of hydrogen-bond donors (Lipinski definition) is 1. The van der Waals surface area contributed by atoms with Gasteiger partial charge in [-0.3, -0.25) is 9.69 Å². The zero-order chi connectivity index (χ0) is 20.2. The number of carbonyl (C=O) groups excluding carboxylic acids is 1. The van der Waals surface area contributed by atoms with Crippen LogP contribution < -0.4 is 4.90 Å². The fourth-order valence-electron chi connectivity index (χ4n) is 2.85. The number of aryl methyl sites for hydroxylation is 1. The molecule has 2 aromatic carbocycles. The Labute approximate surface area is 173 Å². The first kappa shape index (κ1) is 19.1. The number of aliphatic imine (C=N–C) groups is 1. The molecule has 1 aliphatic rings. The van der Waals surface area contributed by atoms with Gasteiger partial charge in [-0.15, -0.1) is 0 Å². The molecule has 1 N–H and O–H groups in total. The summed E-state index contributed by atoms with van der Waals surface area (Å²) in [6.45, 7) is 1.96. The highest BCUT2D eigenvalue weighted by Crippen LogP contribution is 2.37. The standard InChI is InChI=1S/C23H19N3O2S/c1-16-7-12-21(24-14-16)25-23-26(19-5-3-2-4-6-19)22(28)20(29-23)13-17-8-10-18(15-27)11-9-17/h2-14,27H,15H2,1H3/b20-13-,25-23?. The van der Waals surface area contributed by atoms with Crippen LogP contribution in [0, 0.1) is 6.92 Å². The number of aliphatic hydroxyl groups is 1. The minimum Gasteiger partial charge on any atom is -0.392 e. The first-order valence-corrected chi connectivity index (χ1v) is 9.96. The van der Waals surface area contributed by atoms with Crippen molar-refractivity contribution in [3.05, 3.63) is 94.5 Å². The van der Waals surface area contributed by atoms with Gasteiger partial charge in [0.2, 0.25) is 0 Å². The Bertz CT molecular complexity index is 1080. The van der Waals surface area contributed by atoms with E-state index in [-0.39, 0.29) is 12.5 Å². The molecule has 1 fully saturated rings. The zero-order valence-corrected chi connectivity index (χ0v) is 16.6. The number of carbonyl (C=O) groups is 1. The van der Waals surface area contributed by atoms with Crippen LogP contribution in [0.25, 0.3) is 6.08 Å². The third-order valence-corrected chi connectivity index (χ3v) is 5.36. The van der Waals surface area contributed by atoms with Gasteiger partial charge < -0.3 is 5.11 Å². The molecule has 0 saturated carbocycles. The van der Waals surface area contributed by atoms with Gasteiger partial charge in [-0.1, -0.05) is 48.5 Å². The van der Waals surface area contributed by atoms with Crippen molar-refractivity contribution in [3.63, 3.8) is 0 Å². The Hall–Kier alpha value is -3.22. The molecule has 0 bridgehead atoms. The van der Waals surface area contributed by atoms with Crippen LogP contribution in [0.3, 0.4) is 0 Å². The van der Waals surface area contributed by atoms with E-state index in [0.29, 0.717) is 15.9 Å². The number of anilines is 1.